The lowest BCUT2D eigenvalue weighted by molar-refractivity contribution is -0.244. The van der Waals surface area contributed by atoms with Gasteiger partial charge in [-0.25, -0.2) is 0 Å². The van der Waals surface area contributed by atoms with Crippen molar-refractivity contribution in [2.24, 2.45) is 0 Å². The van der Waals surface area contributed by atoms with Crippen LogP contribution < -0.4 is 0 Å². The van der Waals surface area contributed by atoms with E-state index in [0.29, 0.717) is 6.61 Å². The Morgan fingerprint density at radius 3 is 2.64 bits per heavy atom. The summed E-state index contributed by atoms with van der Waals surface area (Å²) in [7, 11) is 0. The van der Waals surface area contributed by atoms with Crippen molar-refractivity contribution >= 4 is 0 Å². The van der Waals surface area contributed by atoms with Crippen molar-refractivity contribution in [1.29, 1.82) is 0 Å². The Kier molecular flexibility index (Phi) is 9.00. The monoisotopic (exact) mass is 160 g/mol. The van der Waals surface area contributed by atoms with Crippen LogP contribution in [0.5, 0.6) is 0 Å². The van der Waals surface area contributed by atoms with Crippen molar-refractivity contribution in [3.8, 4) is 0 Å². The topological polar surface area (TPSA) is 27.7 Å². The first-order valence-electron chi connectivity index (χ1n) is 3.92. The smallest absolute Gasteiger partial charge is 0.125 e. The van der Waals surface area contributed by atoms with Crippen LogP contribution in [-0.2, 0) is 14.5 Å². The molecular weight excluding hydrogens is 144 g/mol. The van der Waals surface area contributed by atoms with E-state index in [-0.39, 0.29) is 0 Å². The second-order valence-corrected chi connectivity index (χ2v) is 1.86. The zero-order valence-corrected chi connectivity index (χ0v) is 7.21. The molecule has 11 heavy (non-hydrogen) atoms. The van der Waals surface area contributed by atoms with Gasteiger partial charge in [-0.1, -0.05) is 0 Å². The zero-order chi connectivity index (χ0) is 8.36. The summed E-state index contributed by atoms with van der Waals surface area (Å²) < 4.78 is 5.09. The molecule has 0 atom stereocenters. The van der Waals surface area contributed by atoms with Crippen LogP contribution in [0.4, 0.5) is 0 Å². The Morgan fingerprint density at radius 1 is 1.18 bits per heavy atom. The maximum atomic E-state index is 5.09. The quantitative estimate of drug-likeness (QED) is 0.246. The highest BCUT2D eigenvalue weighted by Gasteiger charge is 1.80. The normalized spacial score (nSPS) is 10.7. The van der Waals surface area contributed by atoms with Gasteiger partial charge < -0.3 is 9.62 Å². The van der Waals surface area contributed by atoms with Crippen LogP contribution in [0.15, 0.2) is 12.3 Å². The summed E-state index contributed by atoms with van der Waals surface area (Å²) in [6.07, 6.45) is 4.26. The van der Waals surface area contributed by atoms with E-state index in [0.717, 1.165) is 19.6 Å². The number of hydrogen-bond donors (Lipinski definition) is 0. The molecule has 0 N–H and O–H groups in total. The van der Waals surface area contributed by atoms with E-state index in [1.165, 1.54) is 6.26 Å². The molecule has 0 radical (unpaired) electrons. The van der Waals surface area contributed by atoms with Crippen molar-refractivity contribution < 1.29 is 14.5 Å². The van der Waals surface area contributed by atoms with Gasteiger partial charge in [0.05, 0.1) is 13.2 Å². The second kappa shape index (κ2) is 9.46. The third-order valence-corrected chi connectivity index (χ3v) is 0.971. The Labute approximate surface area is 67.9 Å². The van der Waals surface area contributed by atoms with Crippen LogP contribution in [0.25, 0.3) is 0 Å². The van der Waals surface area contributed by atoms with Crippen molar-refractivity contribution in [1.82, 2.24) is 0 Å². The van der Waals surface area contributed by atoms with Crippen LogP contribution in [0.3, 0.4) is 0 Å². The fourth-order valence-corrected chi connectivity index (χ4v) is 0.510. The highest BCUT2D eigenvalue weighted by molar-refractivity contribution is 4.71. The fraction of sp³-hybridized carbons (Fsp3) is 0.750. The summed E-state index contributed by atoms with van der Waals surface area (Å²) >= 11 is 0. The van der Waals surface area contributed by atoms with E-state index in [9.17, 15) is 0 Å². The lowest BCUT2D eigenvalue weighted by atomic mass is 10.4. The Balaban J connectivity index is 2.91. The summed E-state index contributed by atoms with van der Waals surface area (Å²) in [5.41, 5.74) is 0. The molecule has 0 rings (SSSR count). The van der Waals surface area contributed by atoms with E-state index in [2.05, 4.69) is 9.78 Å². The van der Waals surface area contributed by atoms with E-state index in [1.54, 1.807) is 0 Å². The third-order valence-electron chi connectivity index (χ3n) is 0.971. The molecule has 0 amide bonds. The molecule has 0 bridgehead atoms. The second-order valence-electron chi connectivity index (χ2n) is 1.86. The maximum absolute atomic E-state index is 5.09. The average Bonchev–Trinajstić information content (AvgIpc) is 2.03. The molecular formula is C8H16O3. The minimum atomic E-state index is 0.565. The molecule has 0 saturated heterocycles. The lowest BCUT2D eigenvalue weighted by Crippen LogP contribution is -1.91. The van der Waals surface area contributed by atoms with Crippen LogP contribution in [-0.4, -0.2) is 19.8 Å². The van der Waals surface area contributed by atoms with Gasteiger partial charge in [0.1, 0.15) is 6.26 Å². The van der Waals surface area contributed by atoms with E-state index >= 15 is 0 Å². The Hall–Kier alpha value is -0.540. The van der Waals surface area contributed by atoms with Crippen LogP contribution in [0.1, 0.15) is 20.3 Å². The molecule has 0 aliphatic rings. The molecule has 0 aliphatic carbocycles. The molecule has 0 fully saturated rings. The van der Waals surface area contributed by atoms with E-state index in [4.69, 9.17) is 4.74 Å². The van der Waals surface area contributed by atoms with Gasteiger partial charge in [0.25, 0.3) is 0 Å². The molecule has 0 aromatic carbocycles. The average molecular weight is 160 g/mol. The van der Waals surface area contributed by atoms with Crippen molar-refractivity contribution in [3.05, 3.63) is 12.3 Å². The van der Waals surface area contributed by atoms with Crippen molar-refractivity contribution in [2.75, 3.05) is 19.8 Å². The molecule has 3 heteroatoms. The largest absolute Gasteiger partial charge is 0.381 e. The SMILES string of the molecule is CCOCCC=COOCC. The van der Waals surface area contributed by atoms with Crippen LogP contribution in [0.2, 0.25) is 0 Å². The van der Waals surface area contributed by atoms with Gasteiger partial charge in [0.2, 0.25) is 0 Å². The number of rotatable bonds is 7. The number of ether oxygens (including phenoxy) is 1. The first kappa shape index (κ1) is 10.5. The van der Waals surface area contributed by atoms with Gasteiger partial charge in [-0.3, -0.25) is 0 Å². The fourth-order valence-electron chi connectivity index (χ4n) is 0.510. The highest BCUT2D eigenvalue weighted by atomic mass is 17.2. The lowest BCUT2D eigenvalue weighted by Gasteiger charge is -1.96. The van der Waals surface area contributed by atoms with Crippen molar-refractivity contribution in [2.45, 2.75) is 20.3 Å². The van der Waals surface area contributed by atoms with Gasteiger partial charge >= 0.3 is 0 Å². The summed E-state index contributed by atoms with van der Waals surface area (Å²) in [5, 5.41) is 0. The molecule has 0 aromatic heterocycles. The maximum Gasteiger partial charge on any atom is 0.125 e. The van der Waals surface area contributed by atoms with E-state index in [1.807, 2.05) is 19.9 Å². The Morgan fingerprint density at radius 2 is 2.00 bits per heavy atom. The van der Waals surface area contributed by atoms with Gasteiger partial charge in [0, 0.05) is 6.61 Å². The minimum Gasteiger partial charge on any atom is -0.381 e. The molecule has 0 spiro atoms. The van der Waals surface area contributed by atoms with Crippen LogP contribution in [0, 0.1) is 0 Å². The van der Waals surface area contributed by atoms with Gasteiger partial charge in [-0.05, 0) is 26.3 Å². The predicted molar refractivity (Wildman–Crippen MR) is 43.0 cm³/mol. The highest BCUT2D eigenvalue weighted by Crippen LogP contribution is 1.86. The minimum absolute atomic E-state index is 0.565. The van der Waals surface area contributed by atoms with Crippen molar-refractivity contribution in [3.63, 3.8) is 0 Å². The molecule has 0 unspecified atom stereocenters. The molecule has 0 aliphatic heterocycles. The van der Waals surface area contributed by atoms with E-state index < -0.39 is 0 Å². The number of hydrogen-bond acceptors (Lipinski definition) is 3. The van der Waals surface area contributed by atoms with Gasteiger partial charge in [0.15, 0.2) is 0 Å². The summed E-state index contributed by atoms with van der Waals surface area (Å²) in [6, 6.07) is 0. The summed E-state index contributed by atoms with van der Waals surface area (Å²) in [4.78, 5) is 9.24. The molecule has 3 nitrogen and oxygen atoms in total. The molecule has 0 aromatic rings. The third kappa shape index (κ3) is 9.46. The summed E-state index contributed by atoms with van der Waals surface area (Å²) in [5.74, 6) is 0. The van der Waals surface area contributed by atoms with Gasteiger partial charge in [-0.15, -0.1) is 0 Å². The predicted octanol–water partition coefficient (Wildman–Crippen LogP) is 1.89. The standard InChI is InChI=1S/C8H16O3/c1-3-9-7-5-6-8-11-10-4-2/h6,8H,3-5,7H2,1-2H3. The first-order chi connectivity index (χ1) is 5.41. The molecule has 66 valence electrons. The zero-order valence-electron chi connectivity index (χ0n) is 7.21. The molecule has 0 heterocycles. The Bertz CT molecular complexity index is 91.3. The van der Waals surface area contributed by atoms with Crippen LogP contribution >= 0.6 is 0 Å². The summed E-state index contributed by atoms with van der Waals surface area (Å²) in [6.45, 7) is 5.91. The molecule has 0 saturated carbocycles. The first-order valence-corrected chi connectivity index (χ1v) is 3.92. The van der Waals surface area contributed by atoms with Gasteiger partial charge in [-0.2, -0.15) is 4.89 Å².